The summed E-state index contributed by atoms with van der Waals surface area (Å²) in [5.41, 5.74) is 3.02. The van der Waals surface area contributed by atoms with Crippen LogP contribution in [-0.4, -0.2) is 18.2 Å². The van der Waals surface area contributed by atoms with E-state index in [1.54, 1.807) is 16.8 Å². The molecule has 3 rings (SSSR count). The Bertz CT molecular complexity index is 1040. The van der Waals surface area contributed by atoms with E-state index in [2.05, 4.69) is 29.2 Å². The van der Waals surface area contributed by atoms with Crippen molar-refractivity contribution in [2.24, 2.45) is 21.3 Å². The molecule has 0 aliphatic carbocycles. The summed E-state index contributed by atoms with van der Waals surface area (Å²) >= 11 is 0. The van der Waals surface area contributed by atoms with Gasteiger partial charge in [0.15, 0.2) is 0 Å². The van der Waals surface area contributed by atoms with Crippen LogP contribution in [0.3, 0.4) is 0 Å². The molecular formula is C19H21N5O2S. The zero-order valence-corrected chi connectivity index (χ0v) is 16.0. The van der Waals surface area contributed by atoms with E-state index in [-0.39, 0.29) is 4.90 Å². The first-order chi connectivity index (χ1) is 12.8. The molecule has 0 radical (unpaired) electrons. The highest BCUT2D eigenvalue weighted by molar-refractivity contribution is 7.89. The molecule has 2 N–H and O–H groups in total. The van der Waals surface area contributed by atoms with Crippen LogP contribution in [-0.2, 0) is 16.4 Å². The number of para-hydroxylation sites is 1. The first kappa shape index (κ1) is 18.9. The topological polar surface area (TPSA) is 103 Å². The molecule has 1 heterocycles. The van der Waals surface area contributed by atoms with Crippen LogP contribution < -0.4 is 5.14 Å². The number of hydrogen-bond acceptors (Lipinski definition) is 5. The van der Waals surface area contributed by atoms with Crippen LogP contribution in [0.25, 0.3) is 5.69 Å². The van der Waals surface area contributed by atoms with Crippen molar-refractivity contribution >= 4 is 21.4 Å². The van der Waals surface area contributed by atoms with Crippen molar-refractivity contribution in [3.05, 3.63) is 66.5 Å². The Morgan fingerprint density at radius 2 is 1.70 bits per heavy atom. The van der Waals surface area contributed by atoms with Gasteiger partial charge >= 0.3 is 0 Å². The molecule has 0 aliphatic heterocycles. The molecule has 0 fully saturated rings. The van der Waals surface area contributed by atoms with Crippen LogP contribution in [0.2, 0.25) is 0 Å². The Morgan fingerprint density at radius 3 is 2.30 bits per heavy atom. The second-order valence-corrected chi connectivity index (χ2v) is 8.14. The molecule has 8 heteroatoms. The second-order valence-electron chi connectivity index (χ2n) is 6.58. The van der Waals surface area contributed by atoms with E-state index in [1.165, 1.54) is 12.1 Å². The Kier molecular flexibility index (Phi) is 5.48. The molecule has 140 valence electrons. The van der Waals surface area contributed by atoms with Gasteiger partial charge in [-0.05, 0) is 48.7 Å². The maximum absolute atomic E-state index is 11.3. The van der Waals surface area contributed by atoms with Gasteiger partial charge < -0.3 is 0 Å². The first-order valence-corrected chi connectivity index (χ1v) is 10.1. The maximum Gasteiger partial charge on any atom is 0.238 e. The number of nitrogens with zero attached hydrogens (tertiary/aromatic N) is 4. The molecule has 0 bridgehead atoms. The van der Waals surface area contributed by atoms with Crippen LogP contribution >= 0.6 is 0 Å². The van der Waals surface area contributed by atoms with Crippen molar-refractivity contribution in [3.8, 4) is 5.69 Å². The minimum Gasteiger partial charge on any atom is -0.238 e. The molecular weight excluding hydrogens is 362 g/mol. The molecule has 0 amide bonds. The first-order valence-electron chi connectivity index (χ1n) is 8.51. The van der Waals surface area contributed by atoms with Gasteiger partial charge in [-0.1, -0.05) is 32.0 Å². The molecule has 27 heavy (non-hydrogen) atoms. The van der Waals surface area contributed by atoms with Gasteiger partial charge in [0, 0.05) is 0 Å². The lowest BCUT2D eigenvalue weighted by molar-refractivity contribution is 0.598. The van der Waals surface area contributed by atoms with Crippen LogP contribution in [0, 0.1) is 5.92 Å². The summed E-state index contributed by atoms with van der Waals surface area (Å²) in [7, 11) is -3.72. The fraction of sp³-hybridized carbons (Fsp3) is 0.211. The summed E-state index contributed by atoms with van der Waals surface area (Å²) in [6.45, 7) is 4.24. The van der Waals surface area contributed by atoms with Crippen molar-refractivity contribution in [2.75, 3.05) is 0 Å². The predicted molar refractivity (Wildman–Crippen MR) is 104 cm³/mol. The molecule has 0 spiro atoms. The van der Waals surface area contributed by atoms with Gasteiger partial charge in [-0.25, -0.2) is 18.2 Å². The Labute approximate surface area is 158 Å². The average Bonchev–Trinajstić information content (AvgIpc) is 3.02. The predicted octanol–water partition coefficient (Wildman–Crippen LogP) is 4.13. The number of nitrogens with two attached hydrogens (primary N) is 1. The summed E-state index contributed by atoms with van der Waals surface area (Å²) in [6, 6.07) is 15.7. The fourth-order valence-electron chi connectivity index (χ4n) is 2.54. The fourth-order valence-corrected chi connectivity index (χ4v) is 3.06. The van der Waals surface area contributed by atoms with Gasteiger partial charge in [-0.3, -0.25) is 0 Å². The van der Waals surface area contributed by atoms with Gasteiger partial charge in [-0.2, -0.15) is 10.2 Å². The zero-order chi connectivity index (χ0) is 19.4. The van der Waals surface area contributed by atoms with E-state index in [0.717, 1.165) is 17.8 Å². The van der Waals surface area contributed by atoms with E-state index in [1.807, 2.05) is 36.5 Å². The molecule has 0 saturated carbocycles. The van der Waals surface area contributed by atoms with Crippen LogP contribution in [0.15, 0.2) is 75.9 Å². The highest BCUT2D eigenvalue weighted by Gasteiger charge is 2.12. The quantitative estimate of drug-likeness (QED) is 0.647. The van der Waals surface area contributed by atoms with E-state index in [0.29, 0.717) is 17.3 Å². The summed E-state index contributed by atoms with van der Waals surface area (Å²) in [5, 5.41) is 18.3. The van der Waals surface area contributed by atoms with Gasteiger partial charge in [0.2, 0.25) is 10.0 Å². The smallest absolute Gasteiger partial charge is 0.238 e. The number of aromatic nitrogens is 2. The van der Waals surface area contributed by atoms with Gasteiger partial charge in [0.1, 0.15) is 5.69 Å². The summed E-state index contributed by atoms with van der Waals surface area (Å²) in [6.07, 6.45) is 2.62. The third-order valence-corrected chi connectivity index (χ3v) is 4.76. The lowest BCUT2D eigenvalue weighted by atomic mass is 10.1. The number of primary sulfonamides is 1. The van der Waals surface area contributed by atoms with Crippen LogP contribution in [0.5, 0.6) is 0 Å². The SMILES string of the molecule is CC(C)Cc1nn(-c2ccccc2)cc1N=Nc1ccc(S(N)(=O)=O)cc1. The number of rotatable bonds is 6. The minimum atomic E-state index is -3.72. The van der Waals surface area contributed by atoms with E-state index >= 15 is 0 Å². The molecule has 7 nitrogen and oxygen atoms in total. The number of sulfonamides is 1. The summed E-state index contributed by atoms with van der Waals surface area (Å²) < 4.78 is 24.4. The monoisotopic (exact) mass is 383 g/mol. The molecule has 3 aromatic rings. The Morgan fingerprint density at radius 1 is 1.04 bits per heavy atom. The highest BCUT2D eigenvalue weighted by atomic mass is 32.2. The van der Waals surface area contributed by atoms with Crippen LogP contribution in [0.1, 0.15) is 19.5 Å². The van der Waals surface area contributed by atoms with Crippen LogP contribution in [0.4, 0.5) is 11.4 Å². The minimum absolute atomic E-state index is 0.0406. The summed E-state index contributed by atoms with van der Waals surface area (Å²) in [5.74, 6) is 0.423. The van der Waals surface area contributed by atoms with Crippen molar-refractivity contribution in [2.45, 2.75) is 25.2 Å². The number of azo groups is 1. The maximum atomic E-state index is 11.3. The van der Waals surface area contributed by atoms with E-state index in [4.69, 9.17) is 5.14 Å². The van der Waals surface area contributed by atoms with Gasteiger partial charge in [0.25, 0.3) is 0 Å². The molecule has 0 atom stereocenters. The van der Waals surface area contributed by atoms with Crippen molar-refractivity contribution < 1.29 is 8.42 Å². The normalized spacial score (nSPS) is 12.1. The second kappa shape index (κ2) is 7.81. The van der Waals surface area contributed by atoms with Crippen molar-refractivity contribution in [3.63, 3.8) is 0 Å². The molecule has 2 aromatic carbocycles. The average molecular weight is 383 g/mol. The van der Waals surface area contributed by atoms with Crippen molar-refractivity contribution in [1.29, 1.82) is 0 Å². The standard InChI is InChI=1S/C19H21N5O2S/c1-14(2)12-18-19(13-24(23-18)16-6-4-3-5-7-16)22-21-15-8-10-17(11-9-15)27(20,25)26/h3-11,13-14H,12H2,1-2H3,(H2,20,25,26). The Hall–Kier alpha value is -2.84. The van der Waals surface area contributed by atoms with Crippen molar-refractivity contribution in [1.82, 2.24) is 9.78 Å². The zero-order valence-electron chi connectivity index (χ0n) is 15.1. The number of hydrogen-bond donors (Lipinski definition) is 1. The number of benzene rings is 2. The van der Waals surface area contributed by atoms with Gasteiger partial charge in [-0.15, -0.1) is 5.11 Å². The summed E-state index contributed by atoms with van der Waals surface area (Å²) in [4.78, 5) is 0.0406. The lowest BCUT2D eigenvalue weighted by Gasteiger charge is -2.02. The van der Waals surface area contributed by atoms with Gasteiger partial charge in [0.05, 0.1) is 28.2 Å². The van der Waals surface area contributed by atoms with E-state index in [9.17, 15) is 8.42 Å². The molecule has 1 aromatic heterocycles. The molecule has 0 unspecified atom stereocenters. The molecule has 0 aliphatic rings. The Balaban J connectivity index is 1.90. The van der Waals surface area contributed by atoms with E-state index < -0.39 is 10.0 Å². The molecule has 0 saturated heterocycles. The third-order valence-electron chi connectivity index (χ3n) is 3.83. The lowest BCUT2D eigenvalue weighted by Crippen LogP contribution is -2.11. The largest absolute Gasteiger partial charge is 0.238 e. The highest BCUT2D eigenvalue weighted by Crippen LogP contribution is 2.26. The third kappa shape index (κ3) is 4.87.